The van der Waals surface area contributed by atoms with Gasteiger partial charge in [0.1, 0.15) is 0 Å². The lowest BCUT2D eigenvalue weighted by molar-refractivity contribution is -0.138. The zero-order chi connectivity index (χ0) is 14.8. The zero-order valence-electron chi connectivity index (χ0n) is 11.3. The molecule has 0 aliphatic heterocycles. The summed E-state index contributed by atoms with van der Waals surface area (Å²) < 4.78 is 40.5. The Kier molecular flexibility index (Phi) is 4.13. The third-order valence-electron chi connectivity index (χ3n) is 3.09. The summed E-state index contributed by atoms with van der Waals surface area (Å²) >= 11 is 0. The first-order valence-electron chi connectivity index (χ1n) is 6.26. The van der Waals surface area contributed by atoms with E-state index in [1.54, 1.807) is 30.9 Å². The molecule has 0 spiro atoms. The van der Waals surface area contributed by atoms with Crippen LogP contribution in [0.25, 0.3) is 0 Å². The molecule has 0 aliphatic carbocycles. The first-order valence-corrected chi connectivity index (χ1v) is 6.26. The minimum Gasteiger partial charge on any atom is -0.304 e. The summed E-state index contributed by atoms with van der Waals surface area (Å²) in [6, 6.07) is 7.04. The molecular weight excluding hydrogens is 267 g/mol. The van der Waals surface area contributed by atoms with Crippen LogP contribution in [-0.4, -0.2) is 9.78 Å². The van der Waals surface area contributed by atoms with E-state index in [4.69, 9.17) is 0 Å². The predicted octanol–water partition coefficient (Wildman–Crippen LogP) is 3.29. The SMILES string of the molecule is CC(NCc1ccn(C)n1)c1ccccc1C(F)(F)F. The summed E-state index contributed by atoms with van der Waals surface area (Å²) in [4.78, 5) is 0. The molecule has 0 aliphatic rings. The van der Waals surface area contributed by atoms with Crippen molar-refractivity contribution in [2.75, 3.05) is 0 Å². The van der Waals surface area contributed by atoms with Gasteiger partial charge in [-0.15, -0.1) is 0 Å². The van der Waals surface area contributed by atoms with Crippen LogP contribution in [-0.2, 0) is 19.8 Å². The van der Waals surface area contributed by atoms with Crippen LogP contribution >= 0.6 is 0 Å². The lowest BCUT2D eigenvalue weighted by Crippen LogP contribution is -2.22. The third-order valence-corrected chi connectivity index (χ3v) is 3.09. The van der Waals surface area contributed by atoms with Crippen LogP contribution in [0, 0.1) is 0 Å². The van der Waals surface area contributed by atoms with Crippen molar-refractivity contribution in [3.63, 3.8) is 0 Å². The van der Waals surface area contributed by atoms with Crippen molar-refractivity contribution in [3.8, 4) is 0 Å². The Hall–Kier alpha value is -1.82. The van der Waals surface area contributed by atoms with Crippen molar-refractivity contribution in [2.45, 2.75) is 25.7 Å². The molecule has 1 heterocycles. The Bertz CT molecular complexity index is 575. The molecule has 1 N–H and O–H groups in total. The number of aryl methyl sites for hydroxylation is 1. The lowest BCUT2D eigenvalue weighted by atomic mass is 10.0. The first-order chi connectivity index (χ1) is 9.38. The topological polar surface area (TPSA) is 29.9 Å². The lowest BCUT2D eigenvalue weighted by Gasteiger charge is -2.19. The first kappa shape index (κ1) is 14.6. The molecule has 0 bridgehead atoms. The van der Waals surface area contributed by atoms with Crippen molar-refractivity contribution in [3.05, 3.63) is 53.3 Å². The molecule has 2 aromatic rings. The summed E-state index contributed by atoms with van der Waals surface area (Å²) in [6.07, 6.45) is -2.54. The second-order valence-electron chi connectivity index (χ2n) is 4.67. The maximum Gasteiger partial charge on any atom is 0.416 e. The Balaban J connectivity index is 2.11. The molecule has 1 unspecified atom stereocenters. The van der Waals surface area contributed by atoms with Crippen molar-refractivity contribution >= 4 is 0 Å². The molecule has 108 valence electrons. The second kappa shape index (κ2) is 5.66. The monoisotopic (exact) mass is 283 g/mol. The molecule has 6 heteroatoms. The molecule has 1 atom stereocenters. The van der Waals surface area contributed by atoms with Gasteiger partial charge in [-0.1, -0.05) is 18.2 Å². The molecule has 0 amide bonds. The summed E-state index contributed by atoms with van der Waals surface area (Å²) in [5.74, 6) is 0. The van der Waals surface area contributed by atoms with E-state index in [0.29, 0.717) is 6.54 Å². The number of aromatic nitrogens is 2. The maximum atomic E-state index is 12.9. The largest absolute Gasteiger partial charge is 0.416 e. The van der Waals surface area contributed by atoms with Gasteiger partial charge in [-0.25, -0.2) is 0 Å². The summed E-state index contributed by atoms with van der Waals surface area (Å²) in [6.45, 7) is 2.14. The number of alkyl halides is 3. The van der Waals surface area contributed by atoms with Crippen LogP contribution in [0.5, 0.6) is 0 Å². The Morgan fingerprint density at radius 2 is 1.95 bits per heavy atom. The molecular formula is C14H16F3N3. The highest BCUT2D eigenvalue weighted by molar-refractivity contribution is 5.32. The van der Waals surface area contributed by atoms with Gasteiger partial charge in [0.05, 0.1) is 11.3 Å². The van der Waals surface area contributed by atoms with Crippen molar-refractivity contribution in [1.82, 2.24) is 15.1 Å². The molecule has 0 saturated carbocycles. The highest BCUT2D eigenvalue weighted by Gasteiger charge is 2.33. The maximum absolute atomic E-state index is 12.9. The zero-order valence-corrected chi connectivity index (χ0v) is 11.3. The number of halogens is 3. The van der Waals surface area contributed by atoms with E-state index in [0.717, 1.165) is 11.8 Å². The number of nitrogens with zero attached hydrogens (tertiary/aromatic N) is 2. The Morgan fingerprint density at radius 3 is 2.55 bits per heavy atom. The van der Waals surface area contributed by atoms with Crippen LogP contribution in [0.3, 0.4) is 0 Å². The fraction of sp³-hybridized carbons (Fsp3) is 0.357. The third kappa shape index (κ3) is 3.39. The standard InChI is InChI=1S/C14H16F3N3/c1-10(18-9-11-7-8-20(2)19-11)12-5-3-4-6-13(12)14(15,16)17/h3-8,10,18H,9H2,1-2H3. The Morgan fingerprint density at radius 1 is 1.25 bits per heavy atom. The van der Waals surface area contributed by atoms with Gasteiger partial charge in [-0.05, 0) is 24.6 Å². The van der Waals surface area contributed by atoms with E-state index >= 15 is 0 Å². The van der Waals surface area contributed by atoms with Crippen molar-refractivity contribution in [2.24, 2.45) is 7.05 Å². The summed E-state index contributed by atoms with van der Waals surface area (Å²) in [5.41, 5.74) is 0.445. The molecule has 3 nitrogen and oxygen atoms in total. The van der Waals surface area contributed by atoms with Crippen molar-refractivity contribution in [1.29, 1.82) is 0 Å². The number of rotatable bonds is 4. The fourth-order valence-corrected chi connectivity index (χ4v) is 2.06. The Labute approximate surface area is 115 Å². The minimum absolute atomic E-state index is 0.246. The molecule has 0 radical (unpaired) electrons. The quantitative estimate of drug-likeness (QED) is 0.933. The summed E-state index contributed by atoms with van der Waals surface area (Å²) in [5, 5.41) is 7.24. The molecule has 0 saturated heterocycles. The van der Waals surface area contributed by atoms with Crippen LogP contribution in [0.15, 0.2) is 36.5 Å². The molecule has 2 rings (SSSR count). The number of hydrogen-bond donors (Lipinski definition) is 1. The van der Waals surface area contributed by atoms with E-state index in [2.05, 4.69) is 10.4 Å². The van der Waals surface area contributed by atoms with Gasteiger partial charge in [0.2, 0.25) is 0 Å². The van der Waals surface area contributed by atoms with Gasteiger partial charge in [0.25, 0.3) is 0 Å². The van der Waals surface area contributed by atoms with Crippen LogP contribution < -0.4 is 5.32 Å². The van der Waals surface area contributed by atoms with Gasteiger partial charge >= 0.3 is 6.18 Å². The average Bonchev–Trinajstić information content (AvgIpc) is 2.81. The highest BCUT2D eigenvalue weighted by Crippen LogP contribution is 2.34. The van der Waals surface area contributed by atoms with E-state index in [1.165, 1.54) is 12.1 Å². The van der Waals surface area contributed by atoms with E-state index in [-0.39, 0.29) is 5.56 Å². The van der Waals surface area contributed by atoms with Crippen LogP contribution in [0.4, 0.5) is 13.2 Å². The van der Waals surface area contributed by atoms with Crippen LogP contribution in [0.2, 0.25) is 0 Å². The highest BCUT2D eigenvalue weighted by atomic mass is 19.4. The molecule has 20 heavy (non-hydrogen) atoms. The van der Waals surface area contributed by atoms with Gasteiger partial charge in [-0.2, -0.15) is 18.3 Å². The number of benzene rings is 1. The smallest absolute Gasteiger partial charge is 0.304 e. The van der Waals surface area contributed by atoms with Gasteiger partial charge in [-0.3, -0.25) is 4.68 Å². The normalized spacial score (nSPS) is 13.4. The van der Waals surface area contributed by atoms with Gasteiger partial charge in [0.15, 0.2) is 0 Å². The minimum atomic E-state index is -4.34. The van der Waals surface area contributed by atoms with Crippen LogP contribution in [0.1, 0.15) is 29.8 Å². The number of hydrogen-bond acceptors (Lipinski definition) is 2. The van der Waals surface area contributed by atoms with E-state index in [9.17, 15) is 13.2 Å². The molecule has 1 aromatic heterocycles. The van der Waals surface area contributed by atoms with Gasteiger partial charge in [0, 0.05) is 25.8 Å². The average molecular weight is 283 g/mol. The molecule has 0 fully saturated rings. The van der Waals surface area contributed by atoms with E-state index in [1.807, 2.05) is 6.07 Å². The number of nitrogens with one attached hydrogen (secondary N) is 1. The second-order valence-corrected chi connectivity index (χ2v) is 4.67. The summed E-state index contributed by atoms with van der Waals surface area (Å²) in [7, 11) is 1.80. The fourth-order valence-electron chi connectivity index (χ4n) is 2.06. The van der Waals surface area contributed by atoms with E-state index < -0.39 is 17.8 Å². The molecule has 1 aromatic carbocycles. The predicted molar refractivity (Wildman–Crippen MR) is 69.9 cm³/mol. The van der Waals surface area contributed by atoms with Gasteiger partial charge < -0.3 is 5.32 Å². The van der Waals surface area contributed by atoms with Crippen molar-refractivity contribution < 1.29 is 13.2 Å².